The summed E-state index contributed by atoms with van der Waals surface area (Å²) in [6.07, 6.45) is 0.305. The lowest BCUT2D eigenvalue weighted by Crippen LogP contribution is -2.28. The number of non-ortho nitro benzene ring substituents is 1. The van der Waals surface area contributed by atoms with Crippen molar-refractivity contribution in [2.75, 3.05) is 13.6 Å². The molecule has 0 unspecified atom stereocenters. The summed E-state index contributed by atoms with van der Waals surface area (Å²) in [6, 6.07) is 4.24. The SMILES string of the molecule is CC(C)Sc1ccc([N+](=O)[O-])cc1C(=O)N(C)CCCC(=O)O. The van der Waals surface area contributed by atoms with Gasteiger partial charge in [0.05, 0.1) is 10.5 Å². The molecule has 126 valence electrons. The van der Waals surface area contributed by atoms with E-state index in [0.29, 0.717) is 11.3 Å². The van der Waals surface area contributed by atoms with Gasteiger partial charge in [0, 0.05) is 42.3 Å². The quantitative estimate of drug-likeness (QED) is 0.443. The van der Waals surface area contributed by atoms with Crippen molar-refractivity contribution in [2.45, 2.75) is 36.8 Å². The first-order chi connectivity index (χ1) is 10.7. The van der Waals surface area contributed by atoms with Crippen LogP contribution < -0.4 is 0 Å². The lowest BCUT2D eigenvalue weighted by Gasteiger charge is -2.19. The third-order valence-corrected chi connectivity index (χ3v) is 4.08. The van der Waals surface area contributed by atoms with Crippen molar-refractivity contribution >= 4 is 29.3 Å². The van der Waals surface area contributed by atoms with Crippen LogP contribution >= 0.6 is 11.8 Å². The Kier molecular flexibility index (Phi) is 7.02. The highest BCUT2D eigenvalue weighted by Crippen LogP contribution is 2.30. The summed E-state index contributed by atoms with van der Waals surface area (Å²) in [4.78, 5) is 35.5. The zero-order chi connectivity index (χ0) is 17.6. The number of carbonyl (C=O) groups is 2. The molecule has 23 heavy (non-hydrogen) atoms. The van der Waals surface area contributed by atoms with E-state index in [2.05, 4.69) is 0 Å². The normalized spacial score (nSPS) is 10.6. The number of carboxylic acids is 1. The lowest BCUT2D eigenvalue weighted by atomic mass is 10.1. The van der Waals surface area contributed by atoms with Gasteiger partial charge in [0.1, 0.15) is 0 Å². The molecule has 0 atom stereocenters. The summed E-state index contributed by atoms with van der Waals surface area (Å²) < 4.78 is 0. The fraction of sp³-hybridized carbons (Fsp3) is 0.467. The van der Waals surface area contributed by atoms with Gasteiger partial charge < -0.3 is 10.0 Å². The zero-order valence-corrected chi connectivity index (χ0v) is 14.1. The monoisotopic (exact) mass is 340 g/mol. The Labute approximate surface area is 138 Å². The van der Waals surface area contributed by atoms with Crippen molar-refractivity contribution < 1.29 is 19.6 Å². The highest BCUT2D eigenvalue weighted by Gasteiger charge is 2.20. The maximum absolute atomic E-state index is 12.5. The van der Waals surface area contributed by atoms with E-state index in [1.807, 2.05) is 13.8 Å². The van der Waals surface area contributed by atoms with Crippen molar-refractivity contribution in [3.05, 3.63) is 33.9 Å². The van der Waals surface area contributed by atoms with Gasteiger partial charge in [-0.2, -0.15) is 0 Å². The predicted octanol–water partition coefficient (Wildman–Crippen LogP) is 3.03. The largest absolute Gasteiger partial charge is 0.481 e. The second-order valence-corrected chi connectivity index (χ2v) is 6.95. The van der Waals surface area contributed by atoms with Crippen LogP contribution in [0.5, 0.6) is 0 Å². The van der Waals surface area contributed by atoms with Crippen LogP contribution in [0.4, 0.5) is 5.69 Å². The molecule has 0 aliphatic heterocycles. The summed E-state index contributed by atoms with van der Waals surface area (Å²) in [5.74, 6) is -1.26. The second-order valence-electron chi connectivity index (χ2n) is 5.33. The fourth-order valence-corrected chi connectivity index (χ4v) is 2.86. The second kappa shape index (κ2) is 8.52. The number of thioether (sulfide) groups is 1. The summed E-state index contributed by atoms with van der Waals surface area (Å²) in [5.41, 5.74) is 0.135. The van der Waals surface area contributed by atoms with Crippen LogP contribution in [0.15, 0.2) is 23.1 Å². The van der Waals surface area contributed by atoms with E-state index < -0.39 is 10.9 Å². The number of nitro benzene ring substituents is 1. The predicted molar refractivity (Wildman–Crippen MR) is 87.9 cm³/mol. The highest BCUT2D eigenvalue weighted by molar-refractivity contribution is 8.00. The summed E-state index contributed by atoms with van der Waals surface area (Å²) in [7, 11) is 1.56. The van der Waals surface area contributed by atoms with E-state index in [9.17, 15) is 19.7 Å². The maximum Gasteiger partial charge on any atom is 0.303 e. The molecule has 0 aliphatic rings. The van der Waals surface area contributed by atoms with Crippen LogP contribution in [0.25, 0.3) is 0 Å². The molecule has 0 saturated carbocycles. The molecule has 1 aromatic carbocycles. The Bertz CT molecular complexity index is 604. The zero-order valence-electron chi connectivity index (χ0n) is 13.3. The van der Waals surface area contributed by atoms with Crippen LogP contribution in [0.3, 0.4) is 0 Å². The van der Waals surface area contributed by atoms with Gasteiger partial charge in [-0.25, -0.2) is 0 Å². The van der Waals surface area contributed by atoms with E-state index in [1.54, 1.807) is 13.1 Å². The molecule has 0 saturated heterocycles. The van der Waals surface area contributed by atoms with Crippen molar-refractivity contribution in [1.29, 1.82) is 0 Å². The Morgan fingerprint density at radius 3 is 2.57 bits per heavy atom. The number of rotatable bonds is 8. The number of hydrogen-bond acceptors (Lipinski definition) is 5. The number of nitro groups is 1. The first kappa shape index (κ1) is 19.0. The molecule has 1 rings (SSSR count). The smallest absolute Gasteiger partial charge is 0.303 e. The number of carboxylic acid groups (broad SMARTS) is 1. The van der Waals surface area contributed by atoms with Gasteiger partial charge in [-0.05, 0) is 12.5 Å². The van der Waals surface area contributed by atoms with E-state index >= 15 is 0 Å². The van der Waals surface area contributed by atoms with Gasteiger partial charge in [-0.1, -0.05) is 13.8 Å². The minimum atomic E-state index is -0.919. The molecule has 0 heterocycles. The number of amides is 1. The number of benzene rings is 1. The topological polar surface area (TPSA) is 101 Å². The fourth-order valence-electron chi connectivity index (χ4n) is 1.93. The van der Waals surface area contributed by atoms with Gasteiger partial charge in [0.15, 0.2) is 0 Å². The average Bonchev–Trinajstić information content (AvgIpc) is 2.45. The van der Waals surface area contributed by atoms with E-state index in [4.69, 9.17) is 5.11 Å². The average molecular weight is 340 g/mol. The maximum atomic E-state index is 12.5. The van der Waals surface area contributed by atoms with Crippen LogP contribution in [0, 0.1) is 10.1 Å². The Morgan fingerprint density at radius 1 is 1.39 bits per heavy atom. The third-order valence-electron chi connectivity index (χ3n) is 3.00. The Morgan fingerprint density at radius 2 is 2.04 bits per heavy atom. The van der Waals surface area contributed by atoms with Crippen LogP contribution in [-0.2, 0) is 4.79 Å². The first-order valence-electron chi connectivity index (χ1n) is 7.14. The molecule has 0 spiro atoms. The summed E-state index contributed by atoms with van der Waals surface area (Å²) >= 11 is 1.46. The van der Waals surface area contributed by atoms with Gasteiger partial charge >= 0.3 is 5.97 Å². The van der Waals surface area contributed by atoms with E-state index in [1.165, 1.54) is 28.8 Å². The highest BCUT2D eigenvalue weighted by atomic mass is 32.2. The molecular weight excluding hydrogens is 320 g/mol. The third kappa shape index (κ3) is 5.90. The van der Waals surface area contributed by atoms with E-state index in [-0.39, 0.29) is 35.4 Å². The van der Waals surface area contributed by atoms with Crippen molar-refractivity contribution in [1.82, 2.24) is 4.90 Å². The minimum absolute atomic E-state index is 0.0276. The number of carbonyl (C=O) groups excluding carboxylic acids is 1. The van der Waals surface area contributed by atoms with Crippen molar-refractivity contribution in [2.24, 2.45) is 0 Å². The Balaban J connectivity index is 3.00. The number of hydrogen-bond donors (Lipinski definition) is 1. The van der Waals surface area contributed by atoms with Gasteiger partial charge in [-0.15, -0.1) is 11.8 Å². The van der Waals surface area contributed by atoms with Gasteiger partial charge in [0.2, 0.25) is 0 Å². The summed E-state index contributed by atoms with van der Waals surface area (Å²) in [5, 5.41) is 19.8. The van der Waals surface area contributed by atoms with Crippen LogP contribution in [0.1, 0.15) is 37.0 Å². The molecule has 0 bridgehead atoms. The standard InChI is InChI=1S/C15H20N2O5S/c1-10(2)23-13-7-6-11(17(21)22)9-12(13)15(20)16(3)8-4-5-14(18)19/h6-7,9-10H,4-5,8H2,1-3H3,(H,18,19). The number of nitrogens with zero attached hydrogens (tertiary/aromatic N) is 2. The molecule has 0 fully saturated rings. The van der Waals surface area contributed by atoms with Gasteiger partial charge in [-0.3, -0.25) is 19.7 Å². The number of aliphatic carboxylic acids is 1. The molecule has 1 amide bonds. The van der Waals surface area contributed by atoms with Gasteiger partial charge in [0.25, 0.3) is 11.6 Å². The lowest BCUT2D eigenvalue weighted by molar-refractivity contribution is -0.384. The molecule has 1 aromatic rings. The van der Waals surface area contributed by atoms with Crippen molar-refractivity contribution in [3.8, 4) is 0 Å². The molecule has 8 heteroatoms. The molecule has 0 aliphatic carbocycles. The molecular formula is C15H20N2O5S. The minimum Gasteiger partial charge on any atom is -0.481 e. The molecule has 7 nitrogen and oxygen atoms in total. The molecule has 0 aromatic heterocycles. The first-order valence-corrected chi connectivity index (χ1v) is 8.02. The van der Waals surface area contributed by atoms with Crippen LogP contribution in [-0.4, -0.2) is 45.6 Å². The van der Waals surface area contributed by atoms with Crippen LogP contribution in [0.2, 0.25) is 0 Å². The van der Waals surface area contributed by atoms with E-state index in [0.717, 1.165) is 0 Å². The molecule has 1 N–H and O–H groups in total. The van der Waals surface area contributed by atoms with Crippen molar-refractivity contribution in [3.63, 3.8) is 0 Å². The molecule has 0 radical (unpaired) electrons. The summed E-state index contributed by atoms with van der Waals surface area (Å²) in [6.45, 7) is 4.22. The Hall–Kier alpha value is -2.09.